The van der Waals surface area contributed by atoms with Gasteiger partial charge in [-0.15, -0.1) is 10.2 Å². The Bertz CT molecular complexity index is 1090. The zero-order chi connectivity index (χ0) is 24.3. The molecule has 0 aliphatic rings. The summed E-state index contributed by atoms with van der Waals surface area (Å²) in [7, 11) is 4.88. The molecule has 2 aromatic carbocycles. The number of ether oxygens (including phenoxy) is 3. The number of aromatic nitrogens is 3. The molecular weight excluding hydrogens is 476 g/mol. The third kappa shape index (κ3) is 6.88. The van der Waals surface area contributed by atoms with Gasteiger partial charge in [-0.1, -0.05) is 41.6 Å². The van der Waals surface area contributed by atoms with Crippen LogP contribution in [0.3, 0.4) is 0 Å². The van der Waals surface area contributed by atoms with Crippen molar-refractivity contribution >= 4 is 29.3 Å². The molecule has 0 aliphatic carbocycles. The van der Waals surface area contributed by atoms with Crippen LogP contribution in [0, 0.1) is 0 Å². The SMILES string of the molecule is COCCCn1c(SCC(=O)NCCc2ccc(OC)c(OC)c2)nnc1-c1ccccc1Cl. The quantitative estimate of drug-likeness (QED) is 0.277. The summed E-state index contributed by atoms with van der Waals surface area (Å²) in [4.78, 5) is 12.5. The maximum atomic E-state index is 12.5. The first kappa shape index (κ1) is 25.9. The Morgan fingerprint density at radius 1 is 1.09 bits per heavy atom. The predicted molar refractivity (Wildman–Crippen MR) is 134 cm³/mol. The van der Waals surface area contributed by atoms with Crippen LogP contribution in [-0.2, 0) is 22.5 Å². The number of methoxy groups -OCH3 is 3. The van der Waals surface area contributed by atoms with Crippen LogP contribution in [0.5, 0.6) is 11.5 Å². The molecule has 0 radical (unpaired) electrons. The van der Waals surface area contributed by atoms with Gasteiger partial charge >= 0.3 is 0 Å². The van der Waals surface area contributed by atoms with Crippen molar-refractivity contribution in [1.29, 1.82) is 0 Å². The molecule has 10 heteroatoms. The van der Waals surface area contributed by atoms with E-state index in [1.807, 2.05) is 47.0 Å². The molecule has 0 bridgehead atoms. The maximum absolute atomic E-state index is 12.5. The van der Waals surface area contributed by atoms with Crippen molar-refractivity contribution < 1.29 is 19.0 Å². The average molecular weight is 505 g/mol. The van der Waals surface area contributed by atoms with Crippen LogP contribution in [0.15, 0.2) is 47.6 Å². The van der Waals surface area contributed by atoms with Crippen LogP contribution in [0.2, 0.25) is 5.02 Å². The number of amides is 1. The minimum absolute atomic E-state index is 0.0730. The van der Waals surface area contributed by atoms with Gasteiger partial charge in [-0.3, -0.25) is 4.79 Å². The van der Waals surface area contributed by atoms with Gasteiger partial charge in [-0.05, 0) is 42.7 Å². The summed E-state index contributed by atoms with van der Waals surface area (Å²) in [5.41, 5.74) is 1.85. The lowest BCUT2D eigenvalue weighted by Gasteiger charge is -2.11. The fraction of sp³-hybridized carbons (Fsp3) is 0.375. The fourth-order valence-electron chi connectivity index (χ4n) is 3.37. The lowest BCUT2D eigenvalue weighted by atomic mass is 10.1. The van der Waals surface area contributed by atoms with E-state index in [4.69, 9.17) is 25.8 Å². The Labute approximate surface area is 209 Å². The van der Waals surface area contributed by atoms with Gasteiger partial charge in [-0.25, -0.2) is 0 Å². The van der Waals surface area contributed by atoms with Crippen molar-refractivity contribution in [2.24, 2.45) is 0 Å². The zero-order valence-electron chi connectivity index (χ0n) is 19.5. The minimum Gasteiger partial charge on any atom is -0.493 e. The largest absolute Gasteiger partial charge is 0.493 e. The molecule has 1 N–H and O–H groups in total. The van der Waals surface area contributed by atoms with Crippen molar-refractivity contribution in [3.8, 4) is 22.9 Å². The number of benzene rings is 2. The van der Waals surface area contributed by atoms with Gasteiger partial charge in [0.05, 0.1) is 25.0 Å². The lowest BCUT2D eigenvalue weighted by molar-refractivity contribution is -0.118. The Morgan fingerprint density at radius 2 is 1.88 bits per heavy atom. The Balaban J connectivity index is 1.59. The molecule has 3 aromatic rings. The highest BCUT2D eigenvalue weighted by Crippen LogP contribution is 2.30. The number of halogens is 1. The Hall–Kier alpha value is -2.75. The molecular formula is C24H29ClN4O4S. The summed E-state index contributed by atoms with van der Waals surface area (Å²) in [6.45, 7) is 1.78. The van der Waals surface area contributed by atoms with Gasteiger partial charge in [0.15, 0.2) is 22.5 Å². The lowest BCUT2D eigenvalue weighted by Crippen LogP contribution is -2.27. The van der Waals surface area contributed by atoms with Crippen molar-refractivity contribution in [2.75, 3.05) is 40.2 Å². The summed E-state index contributed by atoms with van der Waals surface area (Å²) in [5, 5.41) is 12.9. The molecule has 0 unspecified atom stereocenters. The Morgan fingerprint density at radius 3 is 2.62 bits per heavy atom. The molecule has 182 valence electrons. The van der Waals surface area contributed by atoms with Crippen LogP contribution < -0.4 is 14.8 Å². The van der Waals surface area contributed by atoms with Crippen LogP contribution >= 0.6 is 23.4 Å². The molecule has 0 saturated carbocycles. The van der Waals surface area contributed by atoms with Crippen molar-refractivity contribution in [2.45, 2.75) is 24.5 Å². The summed E-state index contributed by atoms with van der Waals surface area (Å²) in [6, 6.07) is 13.3. The number of carbonyl (C=O) groups is 1. The van der Waals surface area contributed by atoms with Crippen molar-refractivity contribution in [1.82, 2.24) is 20.1 Å². The van der Waals surface area contributed by atoms with E-state index in [1.54, 1.807) is 21.3 Å². The second-order valence-corrected chi connectivity index (χ2v) is 8.71. The number of hydrogen-bond donors (Lipinski definition) is 1. The zero-order valence-corrected chi connectivity index (χ0v) is 21.1. The van der Waals surface area contributed by atoms with E-state index in [9.17, 15) is 4.79 Å². The van der Waals surface area contributed by atoms with E-state index in [1.165, 1.54) is 11.8 Å². The molecule has 0 atom stereocenters. The number of carbonyl (C=O) groups excluding carboxylic acids is 1. The number of hydrogen-bond acceptors (Lipinski definition) is 7. The molecule has 1 heterocycles. The fourth-order valence-corrected chi connectivity index (χ4v) is 4.38. The minimum atomic E-state index is -0.0730. The van der Waals surface area contributed by atoms with Crippen LogP contribution in [0.4, 0.5) is 0 Å². The third-order valence-corrected chi connectivity index (χ3v) is 6.37. The molecule has 3 rings (SSSR count). The van der Waals surface area contributed by atoms with Crippen molar-refractivity contribution in [3.63, 3.8) is 0 Å². The summed E-state index contributed by atoms with van der Waals surface area (Å²) in [6.07, 6.45) is 1.47. The number of rotatable bonds is 13. The van der Waals surface area contributed by atoms with E-state index in [-0.39, 0.29) is 11.7 Å². The van der Waals surface area contributed by atoms with Crippen LogP contribution in [-0.4, -0.2) is 60.9 Å². The molecule has 34 heavy (non-hydrogen) atoms. The second-order valence-electron chi connectivity index (χ2n) is 7.36. The van der Waals surface area contributed by atoms with Gasteiger partial charge < -0.3 is 24.1 Å². The first-order valence-electron chi connectivity index (χ1n) is 10.8. The average Bonchev–Trinajstić information content (AvgIpc) is 3.25. The summed E-state index contributed by atoms with van der Waals surface area (Å²) in [5.74, 6) is 2.19. The first-order valence-corrected chi connectivity index (χ1v) is 12.2. The first-order chi connectivity index (χ1) is 16.6. The monoisotopic (exact) mass is 504 g/mol. The van der Waals surface area contributed by atoms with Gasteiger partial charge in [-0.2, -0.15) is 0 Å². The topological polar surface area (TPSA) is 87.5 Å². The smallest absolute Gasteiger partial charge is 0.230 e. The normalized spacial score (nSPS) is 10.8. The second kappa shape index (κ2) is 13.2. The van der Waals surface area contributed by atoms with E-state index >= 15 is 0 Å². The van der Waals surface area contributed by atoms with Crippen molar-refractivity contribution in [3.05, 3.63) is 53.1 Å². The molecule has 0 aliphatic heterocycles. The molecule has 8 nitrogen and oxygen atoms in total. The van der Waals surface area contributed by atoms with Gasteiger partial charge in [0.2, 0.25) is 5.91 Å². The highest BCUT2D eigenvalue weighted by atomic mass is 35.5. The third-order valence-electron chi connectivity index (χ3n) is 5.08. The molecule has 0 saturated heterocycles. The molecule has 0 spiro atoms. The standard InChI is InChI=1S/C24H29ClN4O4S/c1-31-14-6-13-29-23(18-7-4-5-8-19(18)25)27-28-24(29)34-16-22(30)26-12-11-17-9-10-20(32-2)21(15-17)33-3/h4-5,7-10,15H,6,11-14,16H2,1-3H3,(H,26,30). The van der Waals surface area contributed by atoms with Crippen LogP contribution in [0.1, 0.15) is 12.0 Å². The number of nitrogens with zero attached hydrogens (tertiary/aromatic N) is 3. The van der Waals surface area contributed by atoms with E-state index < -0.39 is 0 Å². The van der Waals surface area contributed by atoms with Crippen LogP contribution in [0.25, 0.3) is 11.4 Å². The molecule has 1 amide bonds. The predicted octanol–water partition coefficient (Wildman–Crippen LogP) is 4.10. The van der Waals surface area contributed by atoms with E-state index in [0.29, 0.717) is 53.6 Å². The van der Waals surface area contributed by atoms with Gasteiger partial charge in [0.25, 0.3) is 0 Å². The van der Waals surface area contributed by atoms with Gasteiger partial charge in [0, 0.05) is 32.4 Å². The number of thioether (sulfide) groups is 1. The van der Waals surface area contributed by atoms with E-state index in [0.717, 1.165) is 17.5 Å². The highest BCUT2D eigenvalue weighted by Gasteiger charge is 2.17. The van der Waals surface area contributed by atoms with Gasteiger partial charge in [0.1, 0.15) is 0 Å². The Kier molecular flexibility index (Phi) is 10.1. The molecule has 0 fully saturated rings. The van der Waals surface area contributed by atoms with E-state index in [2.05, 4.69) is 15.5 Å². The summed E-state index contributed by atoms with van der Waals surface area (Å²) >= 11 is 7.73. The highest BCUT2D eigenvalue weighted by molar-refractivity contribution is 7.99. The molecule has 1 aromatic heterocycles. The number of nitrogens with one attached hydrogen (secondary N) is 1. The maximum Gasteiger partial charge on any atom is 0.230 e. The summed E-state index contributed by atoms with van der Waals surface area (Å²) < 4.78 is 17.8.